The third kappa shape index (κ3) is 3.63. The zero-order valence-electron chi connectivity index (χ0n) is 12.8. The van der Waals surface area contributed by atoms with Gasteiger partial charge in [-0.05, 0) is 36.6 Å². The van der Waals surface area contributed by atoms with Gasteiger partial charge in [0.25, 0.3) is 5.91 Å². The molecule has 0 radical (unpaired) electrons. The van der Waals surface area contributed by atoms with Gasteiger partial charge in [0.05, 0.1) is 11.6 Å². The lowest BCUT2D eigenvalue weighted by atomic mass is 10.0. The van der Waals surface area contributed by atoms with Crippen LogP contribution in [-0.4, -0.2) is 13.0 Å². The molecule has 3 nitrogen and oxygen atoms in total. The SMILES string of the molecule is CCc1ccc(C(C)NC(=O)c2ccccc2NC)cc1. The number of amides is 1. The molecule has 3 heteroatoms. The Morgan fingerprint density at radius 2 is 1.76 bits per heavy atom. The van der Waals surface area contributed by atoms with E-state index in [1.165, 1.54) is 5.56 Å². The Kier molecular flexibility index (Phi) is 4.99. The van der Waals surface area contributed by atoms with E-state index in [0.29, 0.717) is 5.56 Å². The van der Waals surface area contributed by atoms with Crippen molar-refractivity contribution >= 4 is 11.6 Å². The number of rotatable bonds is 5. The Morgan fingerprint density at radius 1 is 1.10 bits per heavy atom. The molecule has 0 bridgehead atoms. The molecule has 0 aliphatic rings. The summed E-state index contributed by atoms with van der Waals surface area (Å²) in [6.07, 6.45) is 1.02. The van der Waals surface area contributed by atoms with Crippen LogP contribution in [-0.2, 0) is 6.42 Å². The van der Waals surface area contributed by atoms with Crippen molar-refractivity contribution in [2.24, 2.45) is 0 Å². The monoisotopic (exact) mass is 282 g/mol. The number of hydrogen-bond donors (Lipinski definition) is 2. The normalized spacial score (nSPS) is 11.8. The van der Waals surface area contributed by atoms with Gasteiger partial charge >= 0.3 is 0 Å². The van der Waals surface area contributed by atoms with E-state index >= 15 is 0 Å². The van der Waals surface area contributed by atoms with Gasteiger partial charge < -0.3 is 10.6 Å². The van der Waals surface area contributed by atoms with Crippen LogP contribution in [0.25, 0.3) is 0 Å². The Bertz CT molecular complexity index is 605. The van der Waals surface area contributed by atoms with Crippen molar-refractivity contribution in [2.45, 2.75) is 26.3 Å². The smallest absolute Gasteiger partial charge is 0.253 e. The molecule has 1 amide bonds. The van der Waals surface area contributed by atoms with E-state index in [1.54, 1.807) is 0 Å². The number of benzene rings is 2. The van der Waals surface area contributed by atoms with Gasteiger partial charge in [0.1, 0.15) is 0 Å². The Labute approximate surface area is 126 Å². The van der Waals surface area contributed by atoms with E-state index in [4.69, 9.17) is 0 Å². The molecule has 0 saturated heterocycles. The van der Waals surface area contributed by atoms with E-state index in [-0.39, 0.29) is 11.9 Å². The van der Waals surface area contributed by atoms with Crippen molar-refractivity contribution in [2.75, 3.05) is 12.4 Å². The Balaban J connectivity index is 2.11. The molecule has 0 aliphatic heterocycles. The van der Waals surface area contributed by atoms with E-state index in [2.05, 4.69) is 41.8 Å². The summed E-state index contributed by atoms with van der Waals surface area (Å²) >= 11 is 0. The lowest BCUT2D eigenvalue weighted by Gasteiger charge is -2.16. The lowest BCUT2D eigenvalue weighted by molar-refractivity contribution is 0.0940. The van der Waals surface area contributed by atoms with Gasteiger partial charge in [-0.15, -0.1) is 0 Å². The molecule has 2 N–H and O–H groups in total. The predicted octanol–water partition coefficient (Wildman–Crippen LogP) is 3.78. The molecule has 1 unspecified atom stereocenters. The standard InChI is InChI=1S/C18H22N2O/c1-4-14-9-11-15(12-10-14)13(2)20-18(21)16-7-5-6-8-17(16)19-3/h5-13,19H,4H2,1-3H3,(H,20,21). The highest BCUT2D eigenvalue weighted by Gasteiger charge is 2.13. The van der Waals surface area contributed by atoms with Crippen LogP contribution in [0.2, 0.25) is 0 Å². The number of anilines is 1. The van der Waals surface area contributed by atoms with Crippen molar-refractivity contribution in [1.82, 2.24) is 5.32 Å². The molecule has 1 atom stereocenters. The van der Waals surface area contributed by atoms with Gasteiger partial charge in [-0.25, -0.2) is 0 Å². The first kappa shape index (κ1) is 15.1. The number of aryl methyl sites for hydroxylation is 1. The third-order valence-electron chi connectivity index (χ3n) is 3.68. The number of para-hydroxylation sites is 1. The second-order valence-electron chi connectivity index (χ2n) is 5.09. The maximum Gasteiger partial charge on any atom is 0.253 e. The first-order chi connectivity index (χ1) is 10.2. The molecule has 2 aromatic rings. The van der Waals surface area contributed by atoms with Gasteiger partial charge in [0.15, 0.2) is 0 Å². The highest BCUT2D eigenvalue weighted by molar-refractivity contribution is 5.99. The van der Waals surface area contributed by atoms with E-state index in [9.17, 15) is 4.79 Å². The molecule has 0 heterocycles. The number of hydrogen-bond acceptors (Lipinski definition) is 2. The highest BCUT2D eigenvalue weighted by atomic mass is 16.1. The highest BCUT2D eigenvalue weighted by Crippen LogP contribution is 2.18. The minimum Gasteiger partial charge on any atom is -0.387 e. The average Bonchev–Trinajstić information content (AvgIpc) is 2.54. The number of nitrogens with one attached hydrogen (secondary N) is 2. The summed E-state index contributed by atoms with van der Waals surface area (Å²) < 4.78 is 0. The predicted molar refractivity (Wildman–Crippen MR) is 87.7 cm³/mol. The zero-order chi connectivity index (χ0) is 15.2. The molecule has 0 saturated carbocycles. The molecular formula is C18H22N2O. The fraction of sp³-hybridized carbons (Fsp3) is 0.278. The van der Waals surface area contributed by atoms with Crippen LogP contribution in [0.15, 0.2) is 48.5 Å². The van der Waals surface area contributed by atoms with Gasteiger partial charge in [-0.3, -0.25) is 4.79 Å². The fourth-order valence-corrected chi connectivity index (χ4v) is 2.30. The maximum atomic E-state index is 12.4. The summed E-state index contributed by atoms with van der Waals surface area (Å²) in [5, 5.41) is 6.09. The van der Waals surface area contributed by atoms with Gasteiger partial charge in [-0.2, -0.15) is 0 Å². The molecule has 2 aromatic carbocycles. The van der Waals surface area contributed by atoms with Gasteiger partial charge in [0.2, 0.25) is 0 Å². The minimum atomic E-state index is -0.0629. The third-order valence-corrected chi connectivity index (χ3v) is 3.68. The Hall–Kier alpha value is -2.29. The van der Waals surface area contributed by atoms with Crippen LogP contribution < -0.4 is 10.6 Å². The second-order valence-corrected chi connectivity index (χ2v) is 5.09. The second kappa shape index (κ2) is 6.93. The van der Waals surface area contributed by atoms with Gasteiger partial charge in [-0.1, -0.05) is 43.3 Å². The Morgan fingerprint density at radius 3 is 2.38 bits per heavy atom. The summed E-state index contributed by atoms with van der Waals surface area (Å²) in [7, 11) is 1.82. The van der Waals surface area contributed by atoms with Crippen LogP contribution >= 0.6 is 0 Å². The van der Waals surface area contributed by atoms with Crippen LogP contribution in [0.5, 0.6) is 0 Å². The molecular weight excluding hydrogens is 260 g/mol. The summed E-state index contributed by atoms with van der Waals surface area (Å²) in [5.41, 5.74) is 3.92. The summed E-state index contributed by atoms with van der Waals surface area (Å²) in [5.74, 6) is -0.0629. The fourth-order valence-electron chi connectivity index (χ4n) is 2.30. The van der Waals surface area contributed by atoms with Crippen molar-refractivity contribution in [3.05, 3.63) is 65.2 Å². The van der Waals surface area contributed by atoms with Gasteiger partial charge in [0, 0.05) is 12.7 Å². The molecule has 0 fully saturated rings. The van der Waals surface area contributed by atoms with Crippen LogP contribution in [0, 0.1) is 0 Å². The van der Waals surface area contributed by atoms with Crippen molar-refractivity contribution in [1.29, 1.82) is 0 Å². The van der Waals surface area contributed by atoms with Crippen molar-refractivity contribution < 1.29 is 4.79 Å². The first-order valence-electron chi connectivity index (χ1n) is 7.32. The van der Waals surface area contributed by atoms with Crippen LogP contribution in [0.3, 0.4) is 0 Å². The van der Waals surface area contributed by atoms with Crippen molar-refractivity contribution in [3.63, 3.8) is 0 Å². The van der Waals surface area contributed by atoms with E-state index < -0.39 is 0 Å². The summed E-state index contributed by atoms with van der Waals surface area (Å²) in [4.78, 5) is 12.4. The van der Waals surface area contributed by atoms with Crippen molar-refractivity contribution in [3.8, 4) is 0 Å². The molecule has 0 aliphatic carbocycles. The molecule has 2 rings (SSSR count). The summed E-state index contributed by atoms with van der Waals surface area (Å²) in [6.45, 7) is 4.13. The first-order valence-corrected chi connectivity index (χ1v) is 7.32. The van der Waals surface area contributed by atoms with E-state index in [0.717, 1.165) is 17.7 Å². The topological polar surface area (TPSA) is 41.1 Å². The molecule has 0 spiro atoms. The van der Waals surface area contributed by atoms with E-state index in [1.807, 2.05) is 38.2 Å². The summed E-state index contributed by atoms with van der Waals surface area (Å²) in [6, 6.07) is 15.9. The van der Waals surface area contributed by atoms with Crippen LogP contribution in [0.1, 0.15) is 41.4 Å². The van der Waals surface area contributed by atoms with Crippen LogP contribution in [0.4, 0.5) is 5.69 Å². The number of carbonyl (C=O) groups excluding carboxylic acids is 1. The largest absolute Gasteiger partial charge is 0.387 e. The average molecular weight is 282 g/mol. The number of carbonyl (C=O) groups is 1. The zero-order valence-corrected chi connectivity index (χ0v) is 12.8. The maximum absolute atomic E-state index is 12.4. The molecule has 21 heavy (non-hydrogen) atoms. The lowest BCUT2D eigenvalue weighted by Crippen LogP contribution is -2.27. The molecule has 110 valence electrons. The minimum absolute atomic E-state index is 0.0201. The quantitative estimate of drug-likeness (QED) is 0.876. The molecule has 0 aromatic heterocycles.